The zero-order valence-corrected chi connectivity index (χ0v) is 19.5. The molecule has 0 radical (unpaired) electrons. The molecule has 0 spiro atoms. The van der Waals surface area contributed by atoms with Gasteiger partial charge in [0.1, 0.15) is 5.69 Å². The van der Waals surface area contributed by atoms with Gasteiger partial charge in [-0.05, 0) is 55.5 Å². The van der Waals surface area contributed by atoms with E-state index in [1.54, 1.807) is 0 Å². The molecule has 1 N–H and O–H groups in total. The van der Waals surface area contributed by atoms with Crippen LogP contribution in [0.4, 0.5) is 30.5 Å². The fourth-order valence-corrected chi connectivity index (χ4v) is 5.96. The Morgan fingerprint density at radius 1 is 1.06 bits per heavy atom. The average molecular weight is 490 g/mol. The highest BCUT2D eigenvalue weighted by atomic mass is 32.2. The van der Waals surface area contributed by atoms with Gasteiger partial charge in [-0.3, -0.25) is 0 Å². The Hall–Kier alpha value is -2.46. The molecule has 6 nitrogen and oxygen atoms in total. The van der Waals surface area contributed by atoms with Gasteiger partial charge in [-0.1, -0.05) is 0 Å². The molecule has 1 aromatic heterocycles. The predicted molar refractivity (Wildman–Crippen MR) is 127 cm³/mol. The molecule has 1 saturated heterocycles. The largest absolute Gasteiger partial charge is 0.433 e. The van der Waals surface area contributed by atoms with E-state index in [0.29, 0.717) is 30.9 Å². The molecule has 2 aliphatic carbocycles. The summed E-state index contributed by atoms with van der Waals surface area (Å²) >= 11 is 1.88. The second-order valence-electron chi connectivity index (χ2n) is 9.22. The van der Waals surface area contributed by atoms with Crippen molar-refractivity contribution in [3.63, 3.8) is 0 Å². The van der Waals surface area contributed by atoms with Gasteiger partial charge >= 0.3 is 6.18 Å². The highest BCUT2D eigenvalue weighted by Crippen LogP contribution is 2.53. The van der Waals surface area contributed by atoms with Crippen LogP contribution >= 0.6 is 11.8 Å². The zero-order chi connectivity index (χ0) is 23.3. The topological polar surface area (TPSA) is 53.5 Å². The Bertz CT molecular complexity index is 1110. The summed E-state index contributed by atoms with van der Waals surface area (Å²) < 4.78 is 45.0. The minimum absolute atomic E-state index is 0.0602. The first kappa shape index (κ1) is 22.0. The van der Waals surface area contributed by atoms with Crippen molar-refractivity contribution < 1.29 is 17.9 Å². The number of ether oxygens (including phenoxy) is 1. The number of halogens is 3. The van der Waals surface area contributed by atoms with Crippen LogP contribution in [0.1, 0.15) is 36.9 Å². The summed E-state index contributed by atoms with van der Waals surface area (Å²) in [6.07, 6.45) is 1.61. The first-order chi connectivity index (χ1) is 16.5. The number of morpholine rings is 1. The number of allylic oxidation sites excluding steroid dienone is 1. The van der Waals surface area contributed by atoms with Crippen molar-refractivity contribution in [1.82, 2.24) is 14.9 Å². The highest BCUT2D eigenvalue weighted by Gasteiger charge is 2.42. The number of thioether (sulfide) groups is 1. The third-order valence-electron chi connectivity index (χ3n) is 6.60. The van der Waals surface area contributed by atoms with Crippen molar-refractivity contribution in [3.8, 4) is 0 Å². The van der Waals surface area contributed by atoms with Crippen molar-refractivity contribution >= 4 is 34.0 Å². The smallest absolute Gasteiger partial charge is 0.378 e. The minimum atomic E-state index is -4.52. The molecule has 0 atom stereocenters. The molecule has 3 heterocycles. The number of alkyl halides is 3. The van der Waals surface area contributed by atoms with Gasteiger partial charge in [-0.15, -0.1) is 11.8 Å². The zero-order valence-electron chi connectivity index (χ0n) is 18.6. The summed E-state index contributed by atoms with van der Waals surface area (Å²) in [7, 11) is 0. The van der Waals surface area contributed by atoms with Crippen LogP contribution in [0.15, 0.2) is 36.2 Å². The number of hydrogen-bond acceptors (Lipinski definition) is 7. The molecule has 10 heteroatoms. The number of nitrogens with one attached hydrogen (secondary N) is 1. The van der Waals surface area contributed by atoms with Crippen LogP contribution < -0.4 is 10.2 Å². The Morgan fingerprint density at radius 3 is 2.56 bits per heavy atom. The summed E-state index contributed by atoms with van der Waals surface area (Å²) in [4.78, 5) is 13.9. The highest BCUT2D eigenvalue weighted by molar-refractivity contribution is 8.08. The summed E-state index contributed by atoms with van der Waals surface area (Å²) in [5.74, 6) is 1.54. The Balaban J connectivity index is 1.38. The molecule has 2 aliphatic heterocycles. The summed E-state index contributed by atoms with van der Waals surface area (Å²) in [6, 6.07) is 7.75. The summed E-state index contributed by atoms with van der Waals surface area (Å²) in [6.45, 7) is 2.87. The fraction of sp³-hybridized carbons (Fsp3) is 0.500. The molecule has 34 heavy (non-hydrogen) atoms. The van der Waals surface area contributed by atoms with Gasteiger partial charge in [0.2, 0.25) is 5.95 Å². The van der Waals surface area contributed by atoms with Gasteiger partial charge in [0.15, 0.2) is 0 Å². The van der Waals surface area contributed by atoms with Crippen molar-refractivity contribution in [3.05, 3.63) is 47.4 Å². The number of rotatable bonds is 6. The normalized spacial score (nSPS) is 21.4. The van der Waals surface area contributed by atoms with Crippen molar-refractivity contribution in [1.29, 1.82) is 0 Å². The van der Waals surface area contributed by atoms with Crippen molar-refractivity contribution in [2.75, 3.05) is 42.4 Å². The van der Waals surface area contributed by atoms with Crippen LogP contribution in [0, 0.1) is 5.92 Å². The maximum Gasteiger partial charge on any atom is 0.433 e. The third kappa shape index (κ3) is 4.57. The van der Waals surface area contributed by atoms with Crippen LogP contribution in [0.3, 0.4) is 0 Å². The average Bonchev–Trinajstić information content (AvgIpc) is 3.78. The maximum atomic E-state index is 13.2. The van der Waals surface area contributed by atoms with E-state index >= 15 is 0 Å². The summed E-state index contributed by atoms with van der Waals surface area (Å²) in [5.41, 5.74) is 3.33. The van der Waals surface area contributed by atoms with Gasteiger partial charge in [-0.2, -0.15) is 13.2 Å². The van der Waals surface area contributed by atoms with Gasteiger partial charge in [0.05, 0.1) is 19.1 Å². The van der Waals surface area contributed by atoms with Crippen molar-refractivity contribution in [2.24, 2.45) is 5.92 Å². The van der Waals surface area contributed by atoms with E-state index in [4.69, 9.17) is 4.74 Å². The number of hydrogen-bond donors (Lipinski definition) is 1. The van der Waals surface area contributed by atoms with E-state index < -0.39 is 11.9 Å². The van der Waals surface area contributed by atoms with Gasteiger partial charge < -0.3 is 19.9 Å². The van der Waals surface area contributed by atoms with E-state index in [2.05, 4.69) is 31.2 Å². The molecule has 2 aromatic rings. The predicted octanol–water partition coefficient (Wildman–Crippen LogP) is 5.32. The molecule has 4 aliphatic rings. The van der Waals surface area contributed by atoms with Gasteiger partial charge in [0.25, 0.3) is 0 Å². The fourth-order valence-electron chi connectivity index (χ4n) is 4.63. The lowest BCUT2D eigenvalue weighted by Crippen LogP contribution is -2.36. The lowest BCUT2D eigenvalue weighted by atomic mass is 10.1. The lowest BCUT2D eigenvalue weighted by Gasteiger charge is -2.30. The third-order valence-corrected chi connectivity index (χ3v) is 7.74. The van der Waals surface area contributed by atoms with E-state index in [1.807, 2.05) is 23.9 Å². The van der Waals surface area contributed by atoms with E-state index in [1.165, 1.54) is 36.3 Å². The second kappa shape index (κ2) is 8.64. The molecule has 0 bridgehead atoms. The quantitative estimate of drug-likeness (QED) is 0.589. The Morgan fingerprint density at radius 2 is 1.85 bits per heavy atom. The van der Waals surface area contributed by atoms with Crippen LogP contribution in [-0.4, -0.2) is 53.1 Å². The second-order valence-corrected chi connectivity index (χ2v) is 10.2. The van der Waals surface area contributed by atoms with E-state index in [0.717, 1.165) is 42.5 Å². The molecular formula is C24H26F3N5OS. The maximum absolute atomic E-state index is 13.2. The standard InChI is InChI=1S/C24H26F3N5OS/c25-24(26,27)20-5-6-28-23(30-20)29-17-11-16(12-19(13-17)31-7-9-33-10-8-31)22-21(15-1-2-15)32(14-34-22)18-3-4-18/h5-6,11-13,15,18H,1-4,7-10,14H2,(H,28,29,30). The molecular weight excluding hydrogens is 463 g/mol. The van der Waals surface area contributed by atoms with Crippen LogP contribution in [0.25, 0.3) is 4.91 Å². The Kier molecular flexibility index (Phi) is 5.60. The lowest BCUT2D eigenvalue weighted by molar-refractivity contribution is -0.141. The number of aromatic nitrogens is 2. The molecule has 0 unspecified atom stereocenters. The molecule has 180 valence electrons. The minimum Gasteiger partial charge on any atom is -0.378 e. The monoisotopic (exact) mass is 489 g/mol. The SMILES string of the molecule is FC(F)(F)c1ccnc(Nc2cc(C3=C(C4CC4)N(C4CC4)CS3)cc(N3CCOCC3)c2)n1. The molecule has 1 aromatic carbocycles. The molecule has 3 fully saturated rings. The molecule has 0 amide bonds. The van der Waals surface area contributed by atoms with E-state index in [9.17, 15) is 13.2 Å². The Labute approximate surface area is 200 Å². The molecule has 6 rings (SSSR count). The summed E-state index contributed by atoms with van der Waals surface area (Å²) in [5, 5.41) is 3.04. The van der Waals surface area contributed by atoms with Crippen LogP contribution in [0.5, 0.6) is 0 Å². The van der Waals surface area contributed by atoms with Crippen molar-refractivity contribution in [2.45, 2.75) is 37.9 Å². The number of benzene rings is 1. The van der Waals surface area contributed by atoms with Crippen LogP contribution in [-0.2, 0) is 10.9 Å². The number of anilines is 3. The van der Waals surface area contributed by atoms with Crippen LogP contribution in [0.2, 0.25) is 0 Å². The van der Waals surface area contributed by atoms with Gasteiger partial charge in [0, 0.05) is 53.2 Å². The first-order valence-corrected chi connectivity index (χ1v) is 12.7. The number of nitrogens with zero attached hydrogens (tertiary/aromatic N) is 4. The van der Waals surface area contributed by atoms with Gasteiger partial charge in [-0.25, -0.2) is 9.97 Å². The molecule has 2 saturated carbocycles. The first-order valence-electron chi connectivity index (χ1n) is 11.7. The van der Waals surface area contributed by atoms with E-state index in [-0.39, 0.29) is 5.95 Å².